The van der Waals surface area contributed by atoms with E-state index in [0.29, 0.717) is 24.1 Å². The summed E-state index contributed by atoms with van der Waals surface area (Å²) in [6, 6.07) is 4.66. The molecular weight excluding hydrogens is 315 g/mol. The van der Waals surface area contributed by atoms with Gasteiger partial charge in [-0.2, -0.15) is 0 Å². The van der Waals surface area contributed by atoms with Crippen LogP contribution < -0.4 is 11.3 Å². The van der Waals surface area contributed by atoms with Gasteiger partial charge in [0.25, 0.3) is 0 Å². The molecule has 1 aromatic carbocycles. The second-order valence-electron chi connectivity index (χ2n) is 3.97. The fourth-order valence-electron chi connectivity index (χ4n) is 1.79. The quantitative estimate of drug-likeness (QED) is 0.435. The van der Waals surface area contributed by atoms with Gasteiger partial charge in [-0.3, -0.25) is 11.3 Å². The molecule has 0 aliphatic heterocycles. The van der Waals surface area contributed by atoms with Crippen LogP contribution in [0.3, 0.4) is 0 Å². The number of benzene rings is 1. The van der Waals surface area contributed by atoms with Gasteiger partial charge in [0.2, 0.25) is 0 Å². The van der Waals surface area contributed by atoms with E-state index in [1.807, 2.05) is 19.9 Å². The Morgan fingerprint density at radius 1 is 1.32 bits per heavy atom. The molecule has 0 bridgehead atoms. The molecule has 1 atom stereocenters. The molecule has 1 aromatic rings. The minimum absolute atomic E-state index is 0.252. The minimum Gasteiger partial charge on any atom is -0.351 e. The van der Waals surface area contributed by atoms with Crippen molar-refractivity contribution < 1.29 is 13.9 Å². The van der Waals surface area contributed by atoms with E-state index >= 15 is 0 Å². The van der Waals surface area contributed by atoms with E-state index in [0.717, 1.165) is 5.56 Å². The molecule has 6 heteroatoms. The highest BCUT2D eigenvalue weighted by molar-refractivity contribution is 9.10. The van der Waals surface area contributed by atoms with Crippen molar-refractivity contribution in [3.05, 3.63) is 34.1 Å². The number of halogens is 2. The van der Waals surface area contributed by atoms with Gasteiger partial charge in [-0.1, -0.05) is 12.1 Å². The van der Waals surface area contributed by atoms with E-state index in [-0.39, 0.29) is 11.9 Å². The van der Waals surface area contributed by atoms with Gasteiger partial charge >= 0.3 is 0 Å². The second kappa shape index (κ2) is 8.60. The number of nitrogens with one attached hydrogen (secondary N) is 1. The lowest BCUT2D eigenvalue weighted by molar-refractivity contribution is -0.153. The zero-order valence-corrected chi connectivity index (χ0v) is 12.7. The van der Waals surface area contributed by atoms with E-state index in [1.165, 1.54) is 6.07 Å². The summed E-state index contributed by atoms with van der Waals surface area (Å²) in [5.74, 6) is 5.26. The summed E-state index contributed by atoms with van der Waals surface area (Å²) in [6.07, 6.45) is 0.0367. The molecule has 0 aliphatic rings. The molecule has 0 radical (unpaired) electrons. The molecule has 19 heavy (non-hydrogen) atoms. The monoisotopic (exact) mass is 334 g/mol. The third-order valence-corrected chi connectivity index (χ3v) is 3.56. The van der Waals surface area contributed by atoms with Crippen molar-refractivity contribution in [3.8, 4) is 0 Å². The molecule has 108 valence electrons. The molecule has 0 spiro atoms. The fraction of sp³-hybridized carbons (Fsp3) is 0.538. The summed E-state index contributed by atoms with van der Waals surface area (Å²) < 4.78 is 24.9. The SMILES string of the molecule is CCOC(OCC)C(Cc1cccc(F)c1Br)NN. The summed E-state index contributed by atoms with van der Waals surface area (Å²) >= 11 is 3.24. The zero-order valence-electron chi connectivity index (χ0n) is 11.2. The molecular formula is C13H20BrFN2O2. The standard InChI is InChI=1S/C13H20BrFN2O2/c1-3-18-13(19-4-2)11(17-16)8-9-6-5-7-10(15)12(9)14/h5-7,11,13,17H,3-4,8,16H2,1-2H3. The van der Waals surface area contributed by atoms with E-state index in [4.69, 9.17) is 15.3 Å². The van der Waals surface area contributed by atoms with Gasteiger partial charge in [0.1, 0.15) is 5.82 Å². The van der Waals surface area contributed by atoms with Crippen LogP contribution in [0.15, 0.2) is 22.7 Å². The summed E-state index contributed by atoms with van der Waals surface area (Å²) in [6.45, 7) is 4.82. The van der Waals surface area contributed by atoms with Crippen LogP contribution in [-0.4, -0.2) is 25.5 Å². The van der Waals surface area contributed by atoms with Gasteiger partial charge in [-0.25, -0.2) is 4.39 Å². The largest absolute Gasteiger partial charge is 0.351 e. The molecule has 1 rings (SSSR count). The highest BCUT2D eigenvalue weighted by atomic mass is 79.9. The highest BCUT2D eigenvalue weighted by Crippen LogP contribution is 2.22. The maximum absolute atomic E-state index is 13.5. The van der Waals surface area contributed by atoms with Crippen LogP contribution >= 0.6 is 15.9 Å². The first-order chi connectivity index (χ1) is 9.13. The van der Waals surface area contributed by atoms with Gasteiger partial charge in [0.05, 0.1) is 10.5 Å². The van der Waals surface area contributed by atoms with Crippen molar-refractivity contribution in [2.24, 2.45) is 5.84 Å². The average molecular weight is 335 g/mol. The Morgan fingerprint density at radius 2 is 1.95 bits per heavy atom. The molecule has 0 fully saturated rings. The van der Waals surface area contributed by atoms with Crippen LogP contribution in [0.5, 0.6) is 0 Å². The number of ether oxygens (including phenoxy) is 2. The maximum atomic E-state index is 13.5. The Labute approximate surface area is 121 Å². The number of hydrazine groups is 1. The predicted molar refractivity (Wildman–Crippen MR) is 76.0 cm³/mol. The van der Waals surface area contributed by atoms with Gasteiger partial charge in [0.15, 0.2) is 6.29 Å². The molecule has 0 saturated carbocycles. The van der Waals surface area contributed by atoms with Crippen LogP contribution in [0.2, 0.25) is 0 Å². The van der Waals surface area contributed by atoms with Crippen molar-refractivity contribution in [1.82, 2.24) is 5.43 Å². The Morgan fingerprint density at radius 3 is 2.47 bits per heavy atom. The second-order valence-corrected chi connectivity index (χ2v) is 4.76. The van der Waals surface area contributed by atoms with E-state index in [1.54, 1.807) is 6.07 Å². The molecule has 0 heterocycles. The fourth-order valence-corrected chi connectivity index (χ4v) is 2.21. The summed E-state index contributed by atoms with van der Waals surface area (Å²) in [5.41, 5.74) is 3.49. The molecule has 0 aliphatic carbocycles. The predicted octanol–water partition coefficient (Wildman–Crippen LogP) is 2.36. The summed E-state index contributed by atoms with van der Waals surface area (Å²) in [4.78, 5) is 0. The molecule has 4 nitrogen and oxygen atoms in total. The van der Waals surface area contributed by atoms with Crippen molar-refractivity contribution in [2.75, 3.05) is 13.2 Å². The Kier molecular flexibility index (Phi) is 7.48. The first-order valence-corrected chi connectivity index (χ1v) is 7.05. The van der Waals surface area contributed by atoms with Crippen molar-refractivity contribution in [1.29, 1.82) is 0 Å². The van der Waals surface area contributed by atoms with Gasteiger partial charge < -0.3 is 9.47 Å². The lowest BCUT2D eigenvalue weighted by Crippen LogP contribution is -2.48. The van der Waals surface area contributed by atoms with Crippen molar-refractivity contribution in [3.63, 3.8) is 0 Å². The Hall–Kier alpha value is -0.530. The van der Waals surface area contributed by atoms with Gasteiger partial charge in [0, 0.05) is 13.2 Å². The minimum atomic E-state index is -0.463. The molecule has 0 saturated heterocycles. The average Bonchev–Trinajstić information content (AvgIpc) is 2.40. The number of hydrogen-bond acceptors (Lipinski definition) is 4. The van der Waals surface area contributed by atoms with Crippen LogP contribution in [0, 0.1) is 5.82 Å². The van der Waals surface area contributed by atoms with Crippen LogP contribution in [0.4, 0.5) is 4.39 Å². The van der Waals surface area contributed by atoms with Gasteiger partial charge in [-0.05, 0) is 47.8 Å². The molecule has 0 aromatic heterocycles. The van der Waals surface area contributed by atoms with Crippen LogP contribution in [0.25, 0.3) is 0 Å². The summed E-state index contributed by atoms with van der Waals surface area (Å²) in [7, 11) is 0. The maximum Gasteiger partial charge on any atom is 0.174 e. The zero-order chi connectivity index (χ0) is 14.3. The van der Waals surface area contributed by atoms with Gasteiger partial charge in [-0.15, -0.1) is 0 Å². The topological polar surface area (TPSA) is 56.5 Å². The third-order valence-electron chi connectivity index (χ3n) is 2.68. The third kappa shape index (κ3) is 4.81. The first kappa shape index (κ1) is 16.5. The molecule has 0 amide bonds. The van der Waals surface area contributed by atoms with Crippen molar-refractivity contribution >= 4 is 15.9 Å². The first-order valence-electron chi connectivity index (χ1n) is 6.26. The van der Waals surface area contributed by atoms with E-state index < -0.39 is 6.29 Å². The Bertz CT molecular complexity index is 387. The number of nitrogens with two attached hydrogens (primary N) is 1. The van der Waals surface area contributed by atoms with E-state index in [2.05, 4.69) is 21.4 Å². The smallest absolute Gasteiger partial charge is 0.174 e. The van der Waals surface area contributed by atoms with E-state index in [9.17, 15) is 4.39 Å². The lowest BCUT2D eigenvalue weighted by Gasteiger charge is -2.26. The molecule has 3 N–H and O–H groups in total. The number of hydrogen-bond donors (Lipinski definition) is 2. The lowest BCUT2D eigenvalue weighted by atomic mass is 10.1. The van der Waals surface area contributed by atoms with Crippen LogP contribution in [0.1, 0.15) is 19.4 Å². The number of rotatable bonds is 8. The highest BCUT2D eigenvalue weighted by Gasteiger charge is 2.22. The van der Waals surface area contributed by atoms with Crippen LogP contribution in [-0.2, 0) is 15.9 Å². The van der Waals surface area contributed by atoms with Crippen molar-refractivity contribution in [2.45, 2.75) is 32.6 Å². The molecule has 1 unspecified atom stereocenters. The normalized spacial score (nSPS) is 12.9. The summed E-state index contributed by atoms with van der Waals surface area (Å²) in [5, 5.41) is 0. The Balaban J connectivity index is 2.82.